The van der Waals surface area contributed by atoms with E-state index in [9.17, 15) is 9.18 Å². The Balaban J connectivity index is 1.45. The summed E-state index contributed by atoms with van der Waals surface area (Å²) in [6.07, 6.45) is 4.75. The molecule has 27 heavy (non-hydrogen) atoms. The van der Waals surface area contributed by atoms with Gasteiger partial charge in [0.1, 0.15) is 11.5 Å². The van der Waals surface area contributed by atoms with Crippen molar-refractivity contribution >= 4 is 17.4 Å². The summed E-state index contributed by atoms with van der Waals surface area (Å²) in [5.74, 6) is -0.0102. The number of ether oxygens (including phenoxy) is 1. The summed E-state index contributed by atoms with van der Waals surface area (Å²) in [6.45, 7) is 2.90. The number of hydrogen-bond acceptors (Lipinski definition) is 5. The van der Waals surface area contributed by atoms with Crippen molar-refractivity contribution < 1.29 is 13.9 Å². The Morgan fingerprint density at radius 1 is 1.19 bits per heavy atom. The number of nitrogens with one attached hydrogen (secondary N) is 1. The number of benzene rings is 1. The molecule has 1 saturated heterocycles. The molecule has 4 rings (SSSR count). The van der Waals surface area contributed by atoms with Gasteiger partial charge in [-0.05, 0) is 36.4 Å². The van der Waals surface area contributed by atoms with Crippen molar-refractivity contribution in [2.24, 2.45) is 0 Å². The lowest BCUT2D eigenvalue weighted by atomic mass is 10.2. The van der Waals surface area contributed by atoms with E-state index in [1.165, 1.54) is 16.9 Å². The molecule has 0 atom stereocenters. The Kier molecular flexibility index (Phi) is 4.80. The fourth-order valence-electron chi connectivity index (χ4n) is 2.88. The van der Waals surface area contributed by atoms with Gasteiger partial charge in [-0.3, -0.25) is 4.79 Å². The topological polar surface area (TPSA) is 72.3 Å². The molecule has 3 aromatic rings. The van der Waals surface area contributed by atoms with E-state index in [1.54, 1.807) is 36.7 Å². The van der Waals surface area contributed by atoms with Crippen LogP contribution < -0.4 is 10.2 Å². The fourth-order valence-corrected chi connectivity index (χ4v) is 2.88. The van der Waals surface area contributed by atoms with E-state index in [0.29, 0.717) is 30.2 Å². The first-order valence-corrected chi connectivity index (χ1v) is 8.60. The third-order valence-electron chi connectivity index (χ3n) is 4.30. The van der Waals surface area contributed by atoms with Gasteiger partial charge in [-0.15, -0.1) is 0 Å². The van der Waals surface area contributed by atoms with E-state index in [1.807, 2.05) is 6.07 Å². The second-order valence-electron chi connectivity index (χ2n) is 6.08. The molecule has 0 spiro atoms. The Morgan fingerprint density at radius 3 is 2.70 bits per heavy atom. The maximum atomic E-state index is 14.3. The summed E-state index contributed by atoms with van der Waals surface area (Å²) in [6, 6.07) is 9.70. The molecule has 0 aliphatic carbocycles. The van der Waals surface area contributed by atoms with Gasteiger partial charge < -0.3 is 15.0 Å². The molecule has 0 bridgehead atoms. The maximum absolute atomic E-state index is 14.3. The highest BCUT2D eigenvalue weighted by Gasteiger charge is 2.14. The van der Waals surface area contributed by atoms with Gasteiger partial charge in [0.25, 0.3) is 5.91 Å². The Labute approximate surface area is 155 Å². The summed E-state index contributed by atoms with van der Waals surface area (Å²) in [7, 11) is 0. The van der Waals surface area contributed by atoms with Crippen LogP contribution in [0.25, 0.3) is 5.69 Å². The van der Waals surface area contributed by atoms with E-state index in [-0.39, 0.29) is 5.91 Å². The zero-order valence-electron chi connectivity index (χ0n) is 14.5. The van der Waals surface area contributed by atoms with Crippen LogP contribution >= 0.6 is 0 Å². The molecule has 8 heteroatoms. The van der Waals surface area contributed by atoms with Crippen LogP contribution in [0, 0.1) is 5.82 Å². The lowest BCUT2D eigenvalue weighted by Crippen LogP contribution is -2.36. The number of hydrogen-bond donors (Lipinski definition) is 1. The van der Waals surface area contributed by atoms with Gasteiger partial charge in [0.05, 0.1) is 18.8 Å². The molecule has 1 N–H and O–H groups in total. The number of anilines is 2. The van der Waals surface area contributed by atoms with Gasteiger partial charge in [0.2, 0.25) is 0 Å². The number of nitrogens with zero attached hydrogens (tertiary/aromatic N) is 4. The van der Waals surface area contributed by atoms with Gasteiger partial charge in [0.15, 0.2) is 5.82 Å². The number of morpholine rings is 1. The molecule has 7 nitrogen and oxygen atoms in total. The fraction of sp³-hybridized carbons (Fsp3) is 0.211. The van der Waals surface area contributed by atoms with E-state index >= 15 is 0 Å². The first kappa shape index (κ1) is 17.2. The Morgan fingerprint density at radius 2 is 2.04 bits per heavy atom. The number of pyridine rings is 1. The standard InChI is InChI=1S/C19H18FN5O2/c20-16-12-15(3-4-17(16)25-7-1-6-22-25)23-19(26)14-2-5-18(21-13-14)24-8-10-27-11-9-24/h1-7,12-13H,8-11H2,(H,23,26). The molecule has 138 valence electrons. The average molecular weight is 367 g/mol. The van der Waals surface area contributed by atoms with E-state index in [4.69, 9.17) is 4.74 Å². The van der Waals surface area contributed by atoms with Crippen LogP contribution in [0.15, 0.2) is 55.0 Å². The van der Waals surface area contributed by atoms with Crippen LogP contribution in [0.2, 0.25) is 0 Å². The van der Waals surface area contributed by atoms with Crippen molar-refractivity contribution in [2.75, 3.05) is 36.5 Å². The molecular weight excluding hydrogens is 349 g/mol. The van der Waals surface area contributed by atoms with E-state index in [2.05, 4.69) is 20.3 Å². The normalized spacial score (nSPS) is 14.2. The Hall–Kier alpha value is -3.26. The molecular formula is C19H18FN5O2. The first-order valence-electron chi connectivity index (χ1n) is 8.60. The zero-order chi connectivity index (χ0) is 18.6. The van der Waals surface area contributed by atoms with Crippen LogP contribution in [-0.2, 0) is 4.74 Å². The number of aromatic nitrogens is 3. The molecule has 1 amide bonds. The van der Waals surface area contributed by atoms with Crippen molar-refractivity contribution in [3.63, 3.8) is 0 Å². The van der Waals surface area contributed by atoms with Crippen molar-refractivity contribution in [3.05, 3.63) is 66.4 Å². The van der Waals surface area contributed by atoms with Gasteiger partial charge in [-0.25, -0.2) is 14.1 Å². The molecule has 2 aromatic heterocycles. The summed E-state index contributed by atoms with van der Waals surface area (Å²) < 4.78 is 21.0. The molecule has 1 aliphatic heterocycles. The third kappa shape index (κ3) is 3.80. The maximum Gasteiger partial charge on any atom is 0.257 e. The van der Waals surface area contributed by atoms with Crippen LogP contribution in [0.5, 0.6) is 0 Å². The highest BCUT2D eigenvalue weighted by molar-refractivity contribution is 6.04. The van der Waals surface area contributed by atoms with E-state index in [0.717, 1.165) is 18.9 Å². The van der Waals surface area contributed by atoms with Crippen LogP contribution in [0.3, 0.4) is 0 Å². The van der Waals surface area contributed by atoms with Crippen molar-refractivity contribution in [1.29, 1.82) is 0 Å². The summed E-state index contributed by atoms with van der Waals surface area (Å²) >= 11 is 0. The highest BCUT2D eigenvalue weighted by atomic mass is 19.1. The van der Waals surface area contributed by atoms with Crippen molar-refractivity contribution in [2.45, 2.75) is 0 Å². The predicted octanol–water partition coefficient (Wildman–Crippen LogP) is 2.50. The second-order valence-corrected chi connectivity index (χ2v) is 6.08. The second kappa shape index (κ2) is 7.55. The SMILES string of the molecule is O=C(Nc1ccc(-n2cccn2)c(F)c1)c1ccc(N2CCOCC2)nc1. The summed E-state index contributed by atoms with van der Waals surface area (Å²) in [5, 5.41) is 6.69. The van der Waals surface area contributed by atoms with Gasteiger partial charge in [-0.1, -0.05) is 0 Å². The molecule has 0 radical (unpaired) electrons. The minimum atomic E-state index is -0.475. The quantitative estimate of drug-likeness (QED) is 0.767. The predicted molar refractivity (Wildman–Crippen MR) is 98.7 cm³/mol. The van der Waals surface area contributed by atoms with Crippen LogP contribution in [0.4, 0.5) is 15.9 Å². The van der Waals surface area contributed by atoms with Gasteiger partial charge in [0, 0.05) is 37.4 Å². The zero-order valence-corrected chi connectivity index (χ0v) is 14.5. The summed E-state index contributed by atoms with van der Waals surface area (Å²) in [4.78, 5) is 18.9. The Bertz CT molecular complexity index is 922. The number of carbonyl (C=O) groups excluding carboxylic acids is 1. The smallest absolute Gasteiger partial charge is 0.257 e. The van der Waals surface area contributed by atoms with Crippen molar-refractivity contribution in [1.82, 2.24) is 14.8 Å². The molecule has 3 heterocycles. The van der Waals surface area contributed by atoms with Gasteiger partial charge in [-0.2, -0.15) is 5.10 Å². The largest absolute Gasteiger partial charge is 0.378 e. The molecule has 1 fully saturated rings. The monoisotopic (exact) mass is 367 g/mol. The minimum Gasteiger partial charge on any atom is -0.378 e. The molecule has 1 aliphatic rings. The van der Waals surface area contributed by atoms with Crippen molar-refractivity contribution in [3.8, 4) is 5.69 Å². The van der Waals surface area contributed by atoms with Gasteiger partial charge >= 0.3 is 0 Å². The number of amides is 1. The lowest BCUT2D eigenvalue weighted by molar-refractivity contribution is 0.102. The van der Waals surface area contributed by atoms with E-state index < -0.39 is 5.82 Å². The minimum absolute atomic E-state index is 0.314. The lowest BCUT2D eigenvalue weighted by Gasteiger charge is -2.27. The van der Waals surface area contributed by atoms with Crippen LogP contribution in [-0.4, -0.2) is 47.0 Å². The highest BCUT2D eigenvalue weighted by Crippen LogP contribution is 2.19. The molecule has 1 aromatic carbocycles. The summed E-state index contributed by atoms with van der Waals surface area (Å²) in [5.41, 5.74) is 1.09. The molecule has 0 saturated carbocycles. The molecule has 0 unspecified atom stereocenters. The number of rotatable bonds is 4. The average Bonchev–Trinajstić information content (AvgIpc) is 3.23. The number of carbonyl (C=O) groups is 1. The van der Waals surface area contributed by atoms with Crippen LogP contribution in [0.1, 0.15) is 10.4 Å². The first-order chi connectivity index (χ1) is 13.2. The number of halogens is 1. The third-order valence-corrected chi connectivity index (χ3v) is 4.30.